The van der Waals surface area contributed by atoms with Crippen molar-refractivity contribution in [3.05, 3.63) is 107 Å². The first kappa shape index (κ1) is 22.7. The molecule has 0 saturated carbocycles. The molecule has 1 fully saturated rings. The van der Waals surface area contributed by atoms with Crippen molar-refractivity contribution in [3.8, 4) is 16.8 Å². The van der Waals surface area contributed by atoms with Crippen LogP contribution in [0, 0.1) is 13.8 Å². The molecule has 0 bridgehead atoms. The highest BCUT2D eigenvalue weighted by Crippen LogP contribution is 2.24. The summed E-state index contributed by atoms with van der Waals surface area (Å²) in [6.45, 7) is 6.32. The third kappa shape index (κ3) is 4.90. The zero-order valence-corrected chi connectivity index (χ0v) is 20.2. The molecule has 1 aliphatic heterocycles. The molecule has 35 heavy (non-hydrogen) atoms. The molecule has 176 valence electrons. The molecule has 0 atom stereocenters. The van der Waals surface area contributed by atoms with Crippen LogP contribution in [0.3, 0.4) is 0 Å². The number of aromatic nitrogens is 1. The molecule has 5 nitrogen and oxygen atoms in total. The predicted molar refractivity (Wildman–Crippen MR) is 144 cm³/mol. The van der Waals surface area contributed by atoms with E-state index in [9.17, 15) is 4.79 Å². The quantitative estimate of drug-likeness (QED) is 0.277. The average Bonchev–Trinajstić information content (AvgIpc) is 3.53. The van der Waals surface area contributed by atoms with Crippen molar-refractivity contribution in [2.45, 2.75) is 26.7 Å². The Morgan fingerprint density at radius 2 is 1.46 bits per heavy atom. The van der Waals surface area contributed by atoms with E-state index in [2.05, 4.69) is 88.4 Å². The van der Waals surface area contributed by atoms with Gasteiger partial charge in [0.15, 0.2) is 0 Å². The van der Waals surface area contributed by atoms with Gasteiger partial charge in [0.25, 0.3) is 5.91 Å². The first-order valence-corrected chi connectivity index (χ1v) is 12.1. The van der Waals surface area contributed by atoms with Gasteiger partial charge < -0.3 is 9.47 Å². The lowest BCUT2D eigenvalue weighted by Crippen LogP contribution is -2.19. The normalized spacial score (nSPS) is 13.5. The first-order valence-electron chi connectivity index (χ1n) is 12.1. The second-order valence-electron chi connectivity index (χ2n) is 9.01. The van der Waals surface area contributed by atoms with Crippen LogP contribution in [0.15, 0.2) is 90.0 Å². The van der Waals surface area contributed by atoms with Gasteiger partial charge in [-0.3, -0.25) is 4.79 Å². The Labute approximate surface area is 206 Å². The number of rotatable bonds is 6. The van der Waals surface area contributed by atoms with E-state index in [0.29, 0.717) is 5.56 Å². The van der Waals surface area contributed by atoms with Crippen molar-refractivity contribution in [2.75, 3.05) is 18.0 Å². The summed E-state index contributed by atoms with van der Waals surface area (Å²) < 4.78 is 2.20. The smallest absolute Gasteiger partial charge is 0.271 e. The van der Waals surface area contributed by atoms with Crippen molar-refractivity contribution >= 4 is 17.8 Å². The summed E-state index contributed by atoms with van der Waals surface area (Å²) in [5, 5.41) is 4.23. The molecule has 3 aromatic carbocycles. The largest absolute Gasteiger partial charge is 0.372 e. The third-order valence-electron chi connectivity index (χ3n) is 6.67. The maximum atomic E-state index is 12.6. The van der Waals surface area contributed by atoms with Crippen LogP contribution >= 0.6 is 0 Å². The van der Waals surface area contributed by atoms with E-state index in [1.54, 1.807) is 6.21 Å². The average molecular weight is 463 g/mol. The zero-order valence-electron chi connectivity index (χ0n) is 20.2. The molecule has 1 aliphatic rings. The van der Waals surface area contributed by atoms with Crippen LogP contribution < -0.4 is 10.3 Å². The molecule has 0 aliphatic carbocycles. The Bertz CT molecular complexity index is 1330. The molecule has 5 heteroatoms. The number of benzene rings is 3. The van der Waals surface area contributed by atoms with Crippen molar-refractivity contribution in [3.63, 3.8) is 0 Å². The minimum Gasteiger partial charge on any atom is -0.372 e. The Morgan fingerprint density at radius 1 is 0.829 bits per heavy atom. The van der Waals surface area contributed by atoms with E-state index in [-0.39, 0.29) is 5.91 Å². The van der Waals surface area contributed by atoms with Gasteiger partial charge in [-0.2, -0.15) is 5.10 Å². The molecule has 1 N–H and O–H groups in total. The lowest BCUT2D eigenvalue weighted by Gasteiger charge is -2.17. The highest BCUT2D eigenvalue weighted by molar-refractivity contribution is 5.95. The zero-order chi connectivity index (χ0) is 24.2. The monoisotopic (exact) mass is 462 g/mol. The maximum absolute atomic E-state index is 12.6. The number of hydrogen-bond acceptors (Lipinski definition) is 3. The number of hydrogen-bond donors (Lipinski definition) is 1. The second kappa shape index (κ2) is 10.0. The summed E-state index contributed by atoms with van der Waals surface area (Å²) in [6.07, 6.45) is 4.18. The van der Waals surface area contributed by atoms with Gasteiger partial charge in [0.1, 0.15) is 0 Å². The summed E-state index contributed by atoms with van der Waals surface area (Å²) in [7, 11) is 0. The number of aryl methyl sites for hydroxylation is 1. The summed E-state index contributed by atoms with van der Waals surface area (Å²) >= 11 is 0. The summed E-state index contributed by atoms with van der Waals surface area (Å²) in [4.78, 5) is 14.9. The number of carbonyl (C=O) groups is 1. The van der Waals surface area contributed by atoms with Gasteiger partial charge in [-0.25, -0.2) is 5.43 Å². The molecule has 0 radical (unpaired) electrons. The standard InChI is InChI=1S/C30H30N4O/c1-22-20-27(21-31-32-30(35)26-12-14-28(15-13-26)33-18-6-7-19-33)23(2)34(22)29-16-10-25(11-17-29)24-8-4-3-5-9-24/h3-5,8-17,20-21H,6-7,18-19H2,1-2H3,(H,32,35)/b31-21+. The minimum atomic E-state index is -0.209. The van der Waals surface area contributed by atoms with Crippen LogP contribution in [-0.4, -0.2) is 29.8 Å². The van der Waals surface area contributed by atoms with Crippen LogP contribution in [0.2, 0.25) is 0 Å². The lowest BCUT2D eigenvalue weighted by atomic mass is 10.1. The second-order valence-corrected chi connectivity index (χ2v) is 9.01. The van der Waals surface area contributed by atoms with Crippen LogP contribution in [-0.2, 0) is 0 Å². The van der Waals surface area contributed by atoms with Crippen molar-refractivity contribution < 1.29 is 4.79 Å². The molecule has 0 unspecified atom stereocenters. The summed E-state index contributed by atoms with van der Waals surface area (Å²) in [6, 6.07) is 28.8. The molecule has 5 rings (SSSR count). The van der Waals surface area contributed by atoms with Gasteiger partial charge >= 0.3 is 0 Å². The molecule has 1 amide bonds. The number of anilines is 1. The lowest BCUT2D eigenvalue weighted by molar-refractivity contribution is 0.0955. The minimum absolute atomic E-state index is 0.209. The number of hydrazone groups is 1. The fourth-order valence-corrected chi connectivity index (χ4v) is 4.77. The summed E-state index contributed by atoms with van der Waals surface area (Å²) in [5.74, 6) is -0.209. The van der Waals surface area contributed by atoms with E-state index >= 15 is 0 Å². The molecular weight excluding hydrogens is 432 g/mol. The molecule has 4 aromatic rings. The molecule has 0 spiro atoms. The third-order valence-corrected chi connectivity index (χ3v) is 6.67. The van der Waals surface area contributed by atoms with Gasteiger partial charge in [0.2, 0.25) is 0 Å². The Hall–Kier alpha value is -4.12. The maximum Gasteiger partial charge on any atom is 0.271 e. The first-order chi connectivity index (χ1) is 17.1. The number of amides is 1. The van der Waals surface area contributed by atoms with E-state index in [0.717, 1.165) is 35.7 Å². The highest BCUT2D eigenvalue weighted by atomic mass is 16.2. The van der Waals surface area contributed by atoms with Gasteiger partial charge in [0.05, 0.1) is 6.21 Å². The van der Waals surface area contributed by atoms with E-state index in [4.69, 9.17) is 0 Å². The number of nitrogens with one attached hydrogen (secondary N) is 1. The number of nitrogens with zero attached hydrogens (tertiary/aromatic N) is 3. The van der Waals surface area contributed by atoms with Crippen LogP contribution in [0.25, 0.3) is 16.8 Å². The van der Waals surface area contributed by atoms with Crippen LogP contribution in [0.1, 0.15) is 40.2 Å². The topological polar surface area (TPSA) is 49.6 Å². The number of carbonyl (C=O) groups excluding carboxylic acids is 1. The van der Waals surface area contributed by atoms with E-state index in [1.165, 1.54) is 29.7 Å². The Morgan fingerprint density at radius 3 is 2.14 bits per heavy atom. The van der Waals surface area contributed by atoms with E-state index in [1.807, 2.05) is 30.3 Å². The fourth-order valence-electron chi connectivity index (χ4n) is 4.77. The van der Waals surface area contributed by atoms with Crippen molar-refractivity contribution in [2.24, 2.45) is 5.10 Å². The van der Waals surface area contributed by atoms with Crippen molar-refractivity contribution in [1.29, 1.82) is 0 Å². The summed E-state index contributed by atoms with van der Waals surface area (Å²) in [5.41, 5.74) is 11.1. The fraction of sp³-hybridized carbons (Fsp3) is 0.200. The van der Waals surface area contributed by atoms with Gasteiger partial charge in [-0.05, 0) is 80.3 Å². The van der Waals surface area contributed by atoms with Gasteiger partial charge in [-0.1, -0.05) is 42.5 Å². The Kier molecular flexibility index (Phi) is 6.49. The Balaban J connectivity index is 1.26. The van der Waals surface area contributed by atoms with Crippen molar-refractivity contribution in [1.82, 2.24) is 9.99 Å². The highest BCUT2D eigenvalue weighted by Gasteiger charge is 2.13. The van der Waals surface area contributed by atoms with Crippen LogP contribution in [0.5, 0.6) is 0 Å². The van der Waals surface area contributed by atoms with E-state index < -0.39 is 0 Å². The van der Waals surface area contributed by atoms with Gasteiger partial charge in [-0.15, -0.1) is 0 Å². The molecule has 1 saturated heterocycles. The van der Waals surface area contributed by atoms with Gasteiger partial charge in [0, 0.05) is 47.0 Å². The molecular formula is C30H30N4O. The SMILES string of the molecule is Cc1cc(/C=N/NC(=O)c2ccc(N3CCCC3)cc2)c(C)n1-c1ccc(-c2ccccc2)cc1. The molecule has 1 aromatic heterocycles. The predicted octanol–water partition coefficient (Wildman–Crippen LogP) is 6.13. The molecule has 2 heterocycles. The van der Waals surface area contributed by atoms with Crippen LogP contribution in [0.4, 0.5) is 5.69 Å².